The van der Waals surface area contributed by atoms with Gasteiger partial charge in [0.05, 0.1) is 0 Å². The molecule has 0 bridgehead atoms. The van der Waals surface area contributed by atoms with Gasteiger partial charge in [-0.1, -0.05) is 20.8 Å². The summed E-state index contributed by atoms with van der Waals surface area (Å²) in [6.45, 7) is 7.56. The van der Waals surface area contributed by atoms with Gasteiger partial charge in [-0.2, -0.15) is 0 Å². The largest absolute Gasteiger partial charge is 0.314 e. The monoisotopic (exact) mass is 295 g/mol. The highest BCUT2D eigenvalue weighted by molar-refractivity contribution is 5.19. The molecule has 0 saturated heterocycles. The van der Waals surface area contributed by atoms with Crippen LogP contribution < -0.4 is 5.32 Å². The minimum Gasteiger partial charge on any atom is -0.314 e. The van der Waals surface area contributed by atoms with Crippen molar-refractivity contribution in [3.63, 3.8) is 0 Å². The molecule has 0 aromatic heterocycles. The summed E-state index contributed by atoms with van der Waals surface area (Å²) in [7, 11) is 0. The number of rotatable bonds is 5. The number of benzene rings is 1. The van der Waals surface area contributed by atoms with Crippen LogP contribution in [0.4, 0.5) is 8.78 Å². The normalized spacial score (nSPS) is 26.3. The van der Waals surface area contributed by atoms with Crippen LogP contribution in [0.15, 0.2) is 18.2 Å². The summed E-state index contributed by atoms with van der Waals surface area (Å²) < 4.78 is 27.3. The molecule has 1 saturated carbocycles. The molecule has 1 nitrogen and oxygen atoms in total. The van der Waals surface area contributed by atoms with Crippen molar-refractivity contribution in [2.45, 2.75) is 52.5 Å². The van der Waals surface area contributed by atoms with Crippen LogP contribution in [0.2, 0.25) is 0 Å². The van der Waals surface area contributed by atoms with Gasteiger partial charge >= 0.3 is 0 Å². The number of hydrogen-bond acceptors (Lipinski definition) is 1. The Kier molecular flexibility index (Phi) is 5.74. The number of hydrogen-bond donors (Lipinski definition) is 1. The van der Waals surface area contributed by atoms with Gasteiger partial charge in [0.25, 0.3) is 0 Å². The van der Waals surface area contributed by atoms with Crippen LogP contribution in [0, 0.1) is 29.4 Å². The third kappa shape index (κ3) is 4.26. The lowest BCUT2D eigenvalue weighted by Crippen LogP contribution is -2.42. The Balaban J connectivity index is 2.13. The molecule has 2 rings (SSSR count). The molecule has 118 valence electrons. The summed E-state index contributed by atoms with van der Waals surface area (Å²) in [5, 5.41) is 3.53. The predicted molar refractivity (Wildman–Crippen MR) is 83.2 cm³/mol. The number of halogens is 2. The topological polar surface area (TPSA) is 12.0 Å². The summed E-state index contributed by atoms with van der Waals surface area (Å²) in [5.41, 5.74) is 0.521. The molecule has 1 aromatic rings. The van der Waals surface area contributed by atoms with E-state index in [9.17, 15) is 8.78 Å². The fourth-order valence-corrected chi connectivity index (χ4v) is 3.64. The minimum atomic E-state index is -0.345. The Bertz CT molecular complexity index is 459. The second kappa shape index (κ2) is 7.35. The van der Waals surface area contributed by atoms with Gasteiger partial charge in [-0.25, -0.2) is 8.78 Å². The molecule has 0 heterocycles. The Hall–Kier alpha value is -0.960. The molecule has 0 aliphatic heterocycles. The van der Waals surface area contributed by atoms with Crippen molar-refractivity contribution in [1.29, 1.82) is 0 Å². The zero-order valence-electron chi connectivity index (χ0n) is 13.3. The highest BCUT2D eigenvalue weighted by atomic mass is 19.1. The van der Waals surface area contributed by atoms with E-state index < -0.39 is 0 Å². The van der Waals surface area contributed by atoms with Crippen LogP contribution in [0.1, 0.15) is 45.6 Å². The fourth-order valence-electron chi connectivity index (χ4n) is 3.64. The second-order valence-electron chi connectivity index (χ2n) is 6.68. The molecule has 0 amide bonds. The molecule has 3 heteroatoms. The highest BCUT2D eigenvalue weighted by Gasteiger charge is 2.31. The van der Waals surface area contributed by atoms with Crippen LogP contribution in [0.5, 0.6) is 0 Å². The fraction of sp³-hybridized carbons (Fsp3) is 0.667. The van der Waals surface area contributed by atoms with Gasteiger partial charge in [-0.05, 0) is 73.7 Å². The average Bonchev–Trinajstić information content (AvgIpc) is 2.44. The molecular weight excluding hydrogens is 268 g/mol. The van der Waals surface area contributed by atoms with Gasteiger partial charge in [0.2, 0.25) is 0 Å². The lowest BCUT2D eigenvalue weighted by atomic mass is 9.71. The summed E-state index contributed by atoms with van der Waals surface area (Å²) in [6.07, 6.45) is 4.10. The van der Waals surface area contributed by atoms with E-state index in [1.165, 1.54) is 24.6 Å². The van der Waals surface area contributed by atoms with Gasteiger partial charge in [-0.15, -0.1) is 0 Å². The molecule has 1 aromatic carbocycles. The molecule has 21 heavy (non-hydrogen) atoms. The number of nitrogens with one attached hydrogen (secondary N) is 1. The van der Waals surface area contributed by atoms with Gasteiger partial charge < -0.3 is 5.32 Å². The Morgan fingerprint density at radius 2 is 2.00 bits per heavy atom. The van der Waals surface area contributed by atoms with E-state index in [-0.39, 0.29) is 11.6 Å². The van der Waals surface area contributed by atoms with Gasteiger partial charge in [0, 0.05) is 6.04 Å². The maximum absolute atomic E-state index is 13.9. The van der Waals surface area contributed by atoms with E-state index in [0.717, 1.165) is 19.4 Å². The smallest absolute Gasteiger partial charge is 0.126 e. The van der Waals surface area contributed by atoms with Crippen molar-refractivity contribution in [2.24, 2.45) is 17.8 Å². The first-order chi connectivity index (χ1) is 10.0. The van der Waals surface area contributed by atoms with Gasteiger partial charge in [0.1, 0.15) is 11.6 Å². The van der Waals surface area contributed by atoms with Crippen molar-refractivity contribution < 1.29 is 8.78 Å². The third-order valence-electron chi connectivity index (χ3n) is 4.92. The molecule has 0 radical (unpaired) electrons. The highest BCUT2D eigenvalue weighted by Crippen LogP contribution is 2.36. The van der Waals surface area contributed by atoms with Gasteiger partial charge in [-0.3, -0.25) is 0 Å². The Morgan fingerprint density at radius 1 is 1.24 bits per heavy atom. The molecule has 1 fully saturated rings. The lowest BCUT2D eigenvalue weighted by Gasteiger charge is -2.38. The first-order valence-corrected chi connectivity index (χ1v) is 8.18. The van der Waals surface area contributed by atoms with Crippen molar-refractivity contribution >= 4 is 0 Å². The summed E-state index contributed by atoms with van der Waals surface area (Å²) >= 11 is 0. The molecule has 0 spiro atoms. The molecule has 3 unspecified atom stereocenters. The van der Waals surface area contributed by atoms with Crippen LogP contribution in [-0.4, -0.2) is 12.6 Å². The summed E-state index contributed by atoms with van der Waals surface area (Å²) in [6, 6.07) is 4.22. The molecule has 1 N–H and O–H groups in total. The quantitative estimate of drug-likeness (QED) is 0.840. The molecule has 1 aliphatic rings. The minimum absolute atomic E-state index is 0.279. The van der Waals surface area contributed by atoms with Gasteiger partial charge in [0.15, 0.2) is 0 Å². The standard InChI is InChI=1S/C18H27F2N/c1-4-21-18-8-5-13(12(2)3)9-15(18)10-14-11-16(19)6-7-17(14)20/h6-7,11-13,15,18,21H,4-5,8-10H2,1-3H3. The van der Waals surface area contributed by atoms with E-state index in [2.05, 4.69) is 26.1 Å². The van der Waals surface area contributed by atoms with E-state index in [1.54, 1.807) is 0 Å². The van der Waals surface area contributed by atoms with Crippen molar-refractivity contribution in [1.82, 2.24) is 5.32 Å². The average molecular weight is 295 g/mol. The second-order valence-corrected chi connectivity index (χ2v) is 6.68. The maximum atomic E-state index is 13.9. The zero-order valence-corrected chi connectivity index (χ0v) is 13.3. The summed E-state index contributed by atoms with van der Waals surface area (Å²) in [5.74, 6) is 1.12. The van der Waals surface area contributed by atoms with E-state index >= 15 is 0 Å². The van der Waals surface area contributed by atoms with Crippen molar-refractivity contribution in [3.8, 4) is 0 Å². The van der Waals surface area contributed by atoms with Crippen LogP contribution in [-0.2, 0) is 6.42 Å². The SMILES string of the molecule is CCNC1CCC(C(C)C)CC1Cc1cc(F)ccc1F. The van der Waals surface area contributed by atoms with Crippen LogP contribution in [0.3, 0.4) is 0 Å². The first kappa shape index (κ1) is 16.4. The van der Waals surface area contributed by atoms with Crippen LogP contribution >= 0.6 is 0 Å². The van der Waals surface area contributed by atoms with E-state index in [1.807, 2.05) is 0 Å². The van der Waals surface area contributed by atoms with Crippen molar-refractivity contribution in [2.75, 3.05) is 6.54 Å². The Labute approximate surface area is 127 Å². The first-order valence-electron chi connectivity index (χ1n) is 8.18. The third-order valence-corrected chi connectivity index (χ3v) is 4.92. The van der Waals surface area contributed by atoms with E-state index in [4.69, 9.17) is 0 Å². The zero-order chi connectivity index (χ0) is 15.4. The summed E-state index contributed by atoms with van der Waals surface area (Å²) in [4.78, 5) is 0. The van der Waals surface area contributed by atoms with Crippen molar-refractivity contribution in [3.05, 3.63) is 35.4 Å². The lowest BCUT2D eigenvalue weighted by molar-refractivity contribution is 0.168. The Morgan fingerprint density at radius 3 is 2.67 bits per heavy atom. The van der Waals surface area contributed by atoms with Crippen LogP contribution in [0.25, 0.3) is 0 Å². The predicted octanol–water partition coefficient (Wildman–Crippen LogP) is 4.56. The maximum Gasteiger partial charge on any atom is 0.126 e. The molecule has 1 aliphatic carbocycles. The molecule has 3 atom stereocenters. The van der Waals surface area contributed by atoms with E-state index in [0.29, 0.717) is 35.8 Å². The molecular formula is C18H27F2N.